The number of alkyl halides is 3. The summed E-state index contributed by atoms with van der Waals surface area (Å²) in [4.78, 5) is 14.8. The van der Waals surface area contributed by atoms with Crippen LogP contribution in [-0.4, -0.2) is 21.2 Å². The van der Waals surface area contributed by atoms with Gasteiger partial charge >= 0.3 is 12.1 Å². The van der Waals surface area contributed by atoms with E-state index in [1.54, 1.807) is 18.2 Å². The Balaban J connectivity index is 1.40. The van der Waals surface area contributed by atoms with Crippen molar-refractivity contribution in [3.8, 4) is 17.4 Å². The van der Waals surface area contributed by atoms with Gasteiger partial charge in [0.1, 0.15) is 18.1 Å². The van der Waals surface area contributed by atoms with Crippen LogP contribution in [-0.2, 0) is 19.2 Å². The third-order valence-electron chi connectivity index (χ3n) is 6.03. The van der Waals surface area contributed by atoms with Gasteiger partial charge in [-0.1, -0.05) is 40.5 Å². The fraction of sp³-hybridized carbons (Fsp3) is 0.222. The first-order valence-corrected chi connectivity index (χ1v) is 12.5. The van der Waals surface area contributed by atoms with E-state index < -0.39 is 23.6 Å². The summed E-state index contributed by atoms with van der Waals surface area (Å²) in [7, 11) is 0. The van der Waals surface area contributed by atoms with E-state index in [0.717, 1.165) is 25.0 Å². The smallest absolute Gasteiger partial charge is 0.437 e. The van der Waals surface area contributed by atoms with E-state index in [1.165, 1.54) is 24.3 Å². The van der Waals surface area contributed by atoms with Crippen molar-refractivity contribution in [3.05, 3.63) is 98.5 Å². The maximum atomic E-state index is 13.9. The van der Waals surface area contributed by atoms with Crippen molar-refractivity contribution in [1.29, 1.82) is 0 Å². The zero-order valence-electron chi connectivity index (χ0n) is 20.0. The summed E-state index contributed by atoms with van der Waals surface area (Å²) in [6.07, 6.45) is -2.82. The summed E-state index contributed by atoms with van der Waals surface area (Å²) >= 11 is 12.6. The van der Waals surface area contributed by atoms with Gasteiger partial charge in [-0.05, 0) is 54.8 Å². The van der Waals surface area contributed by atoms with Crippen LogP contribution in [0.1, 0.15) is 57.4 Å². The molecule has 0 unspecified atom stereocenters. The number of nitrogens with zero attached hydrogens (tertiary/aromatic N) is 2. The molecule has 1 aliphatic carbocycles. The maximum Gasteiger partial charge on any atom is 0.437 e. The molecule has 0 amide bonds. The Morgan fingerprint density at radius 1 is 1.05 bits per heavy atom. The molecule has 5 rings (SSSR count). The van der Waals surface area contributed by atoms with Crippen LogP contribution in [0.3, 0.4) is 0 Å². The molecular formula is C27H19Cl2F3N2O5. The molecule has 1 N–H and O–H groups in total. The van der Waals surface area contributed by atoms with Crippen molar-refractivity contribution >= 4 is 29.2 Å². The maximum absolute atomic E-state index is 13.9. The first-order chi connectivity index (χ1) is 18.6. The van der Waals surface area contributed by atoms with E-state index in [-0.39, 0.29) is 36.1 Å². The lowest BCUT2D eigenvalue weighted by Crippen LogP contribution is -2.12. The Kier molecular flexibility index (Phi) is 7.42. The lowest BCUT2D eigenvalue weighted by atomic mass is 10.0. The monoisotopic (exact) mass is 578 g/mol. The van der Waals surface area contributed by atoms with E-state index in [2.05, 4.69) is 10.1 Å². The molecule has 7 nitrogen and oxygen atoms in total. The zero-order valence-corrected chi connectivity index (χ0v) is 21.5. The van der Waals surface area contributed by atoms with Crippen LogP contribution in [0.25, 0.3) is 0 Å². The molecule has 0 aliphatic heterocycles. The van der Waals surface area contributed by atoms with Gasteiger partial charge in [-0.2, -0.15) is 13.2 Å². The lowest BCUT2D eigenvalue weighted by Gasteiger charge is -2.15. The molecule has 12 heteroatoms. The second kappa shape index (κ2) is 10.8. The lowest BCUT2D eigenvalue weighted by molar-refractivity contribution is -0.142. The van der Waals surface area contributed by atoms with Crippen LogP contribution in [0, 0.1) is 0 Å². The minimum atomic E-state index is -4.87. The fourth-order valence-electron chi connectivity index (χ4n) is 3.95. The fourth-order valence-corrected chi connectivity index (χ4v) is 4.48. The van der Waals surface area contributed by atoms with Crippen LogP contribution in [0.2, 0.25) is 10.0 Å². The Labute approximate surface area is 230 Å². The summed E-state index contributed by atoms with van der Waals surface area (Å²) in [5.74, 6) is -1.45. The summed E-state index contributed by atoms with van der Waals surface area (Å²) in [5.41, 5.74) is 0.305. The van der Waals surface area contributed by atoms with E-state index in [4.69, 9.17) is 42.3 Å². The van der Waals surface area contributed by atoms with Crippen LogP contribution < -0.4 is 9.47 Å². The van der Waals surface area contributed by atoms with Crippen molar-refractivity contribution < 1.29 is 37.1 Å². The average molecular weight is 579 g/mol. The molecular weight excluding hydrogens is 560 g/mol. The van der Waals surface area contributed by atoms with E-state index in [1.807, 2.05) is 0 Å². The van der Waals surface area contributed by atoms with Crippen molar-refractivity contribution in [1.82, 2.24) is 10.1 Å². The molecule has 0 radical (unpaired) electrons. The molecule has 2 aromatic carbocycles. The molecule has 0 atom stereocenters. The SMILES string of the molecule is O=C(O)c1cccc(Oc2ccc(OCc3c(Cc4c(Cl)cccc4Cl)noc3C3CC3)nc2C(F)(F)F)c1. The van der Waals surface area contributed by atoms with E-state index in [0.29, 0.717) is 32.6 Å². The van der Waals surface area contributed by atoms with Gasteiger partial charge in [-0.25, -0.2) is 9.78 Å². The van der Waals surface area contributed by atoms with E-state index in [9.17, 15) is 18.0 Å². The summed E-state index contributed by atoms with van der Waals surface area (Å²) in [5, 5.41) is 14.2. The number of aromatic carboxylic acids is 1. The van der Waals surface area contributed by atoms with Crippen LogP contribution in [0.5, 0.6) is 17.4 Å². The van der Waals surface area contributed by atoms with Crippen molar-refractivity contribution in [2.75, 3.05) is 0 Å². The Morgan fingerprint density at radius 2 is 1.77 bits per heavy atom. The first-order valence-electron chi connectivity index (χ1n) is 11.7. The van der Waals surface area contributed by atoms with Gasteiger partial charge in [-0.15, -0.1) is 0 Å². The Morgan fingerprint density at radius 3 is 2.44 bits per heavy atom. The quantitative estimate of drug-likeness (QED) is 0.215. The molecule has 2 heterocycles. The number of aromatic nitrogens is 2. The number of ether oxygens (including phenoxy) is 2. The van der Waals surface area contributed by atoms with Crippen molar-refractivity contribution in [2.45, 2.75) is 38.0 Å². The molecule has 202 valence electrons. The highest BCUT2D eigenvalue weighted by Crippen LogP contribution is 2.44. The molecule has 0 spiro atoms. The topological polar surface area (TPSA) is 94.7 Å². The second-order valence-electron chi connectivity index (χ2n) is 8.84. The predicted molar refractivity (Wildman–Crippen MR) is 135 cm³/mol. The van der Waals surface area contributed by atoms with E-state index >= 15 is 0 Å². The third kappa shape index (κ3) is 6.12. The number of benzene rings is 2. The Hall–Kier alpha value is -3.76. The number of carbonyl (C=O) groups is 1. The highest BCUT2D eigenvalue weighted by Gasteiger charge is 2.38. The van der Waals surface area contributed by atoms with Gasteiger partial charge in [0.05, 0.1) is 16.8 Å². The third-order valence-corrected chi connectivity index (χ3v) is 6.74. The van der Waals surface area contributed by atoms with Gasteiger partial charge in [0, 0.05) is 28.5 Å². The first kappa shape index (κ1) is 26.8. The molecule has 2 aromatic heterocycles. The predicted octanol–water partition coefficient (Wildman–Crippen LogP) is 7.93. The van der Waals surface area contributed by atoms with Crippen molar-refractivity contribution in [3.63, 3.8) is 0 Å². The Bertz CT molecular complexity index is 1520. The number of hydrogen-bond donors (Lipinski definition) is 1. The van der Waals surface area contributed by atoms with Crippen molar-refractivity contribution in [2.24, 2.45) is 0 Å². The number of hydrogen-bond acceptors (Lipinski definition) is 6. The molecule has 0 saturated heterocycles. The number of carboxylic acid groups (broad SMARTS) is 1. The number of carboxylic acids is 1. The second-order valence-corrected chi connectivity index (χ2v) is 9.66. The summed E-state index contributed by atoms with van der Waals surface area (Å²) in [6, 6.07) is 12.5. The summed E-state index contributed by atoms with van der Waals surface area (Å²) < 4.78 is 58.2. The van der Waals surface area contributed by atoms with Gasteiger partial charge in [0.2, 0.25) is 5.88 Å². The molecule has 4 aromatic rings. The number of pyridine rings is 1. The minimum absolute atomic E-state index is 0.0858. The zero-order chi connectivity index (χ0) is 27.7. The standard InChI is InChI=1S/C27H19Cl2F3N2O5/c28-19-5-2-6-20(29)17(19)12-21-18(24(39-34-21)14-7-8-14)13-37-23-10-9-22(25(33-23)27(30,31)32)38-16-4-1-3-15(11-16)26(35)36/h1-6,9-11,14H,7-8,12-13H2,(H,35,36). The van der Waals surface area contributed by atoms with Crippen LogP contribution in [0.15, 0.2) is 59.1 Å². The van der Waals surface area contributed by atoms with Gasteiger partial charge < -0.3 is 19.1 Å². The van der Waals surface area contributed by atoms with Gasteiger partial charge in [0.15, 0.2) is 11.4 Å². The number of rotatable bonds is 9. The normalized spacial score (nSPS) is 13.4. The molecule has 1 saturated carbocycles. The molecule has 1 aliphatic rings. The van der Waals surface area contributed by atoms with Gasteiger partial charge in [0.25, 0.3) is 0 Å². The largest absolute Gasteiger partial charge is 0.478 e. The minimum Gasteiger partial charge on any atom is -0.478 e. The highest BCUT2D eigenvalue weighted by atomic mass is 35.5. The average Bonchev–Trinajstić information content (AvgIpc) is 3.65. The molecule has 0 bridgehead atoms. The molecule has 39 heavy (non-hydrogen) atoms. The number of halogens is 5. The summed E-state index contributed by atoms with van der Waals surface area (Å²) in [6.45, 7) is -0.141. The van der Waals surface area contributed by atoms with Crippen LogP contribution >= 0.6 is 23.2 Å². The molecule has 1 fully saturated rings. The highest BCUT2D eigenvalue weighted by molar-refractivity contribution is 6.36. The van der Waals surface area contributed by atoms with Crippen LogP contribution in [0.4, 0.5) is 13.2 Å². The van der Waals surface area contributed by atoms with Gasteiger partial charge in [-0.3, -0.25) is 0 Å².